The van der Waals surface area contributed by atoms with E-state index >= 15 is 0 Å². The lowest BCUT2D eigenvalue weighted by molar-refractivity contribution is 1.16. The van der Waals surface area contributed by atoms with E-state index in [1.165, 1.54) is 0 Å². The zero-order chi connectivity index (χ0) is 3.41. The van der Waals surface area contributed by atoms with Crippen LogP contribution in [0.1, 0.15) is 0 Å². The highest BCUT2D eigenvalue weighted by atomic mass is 79.9. The summed E-state index contributed by atoms with van der Waals surface area (Å²) in [5.74, 6) is 0. The largest absolute Gasteiger partial charge is 0.330 e. The fourth-order valence-electron chi connectivity index (χ4n) is 0. The number of alkyl halides is 1. The molecule has 2 N–H and O–H groups in total. The second-order valence-corrected chi connectivity index (χ2v) is 1.27. The summed E-state index contributed by atoms with van der Waals surface area (Å²) >= 11 is 3.12. The van der Waals surface area contributed by atoms with Gasteiger partial charge in [-0.3, -0.25) is 0 Å². The third kappa shape index (κ3) is 18.9. The molecule has 0 unspecified atom stereocenters. The standard InChI is InChI=1S/C2H6BrN.BrH.ClH/c3-1-2-4;;/h1-2,4H2;2*1H. The molecule has 0 saturated carbocycles. The van der Waals surface area contributed by atoms with Gasteiger partial charge in [-0.05, 0) is 0 Å². The van der Waals surface area contributed by atoms with Crippen molar-refractivity contribution in [3.8, 4) is 0 Å². The maximum absolute atomic E-state index is 4.98. The van der Waals surface area contributed by atoms with Crippen molar-refractivity contribution in [1.82, 2.24) is 0 Å². The Morgan fingerprint density at radius 1 is 1.50 bits per heavy atom. The van der Waals surface area contributed by atoms with Crippen LogP contribution in [0.5, 0.6) is 0 Å². The molecule has 0 aliphatic rings. The van der Waals surface area contributed by atoms with Gasteiger partial charge in [0.25, 0.3) is 0 Å². The van der Waals surface area contributed by atoms with Gasteiger partial charge in [0.1, 0.15) is 0 Å². The van der Waals surface area contributed by atoms with Gasteiger partial charge in [0.05, 0.1) is 0 Å². The van der Waals surface area contributed by atoms with Gasteiger partial charge in [-0.2, -0.15) is 0 Å². The van der Waals surface area contributed by atoms with Crippen LogP contribution in [-0.4, -0.2) is 11.9 Å². The lowest BCUT2D eigenvalue weighted by atomic mass is 10.8. The summed E-state index contributed by atoms with van der Waals surface area (Å²) in [5, 5.41) is 0.910. The molecule has 0 aliphatic heterocycles. The van der Waals surface area contributed by atoms with Crippen molar-refractivity contribution in [3.63, 3.8) is 0 Å². The summed E-state index contributed by atoms with van der Waals surface area (Å²) in [6, 6.07) is 0. The Bertz CT molecular complexity index is 13.5. The lowest BCUT2D eigenvalue weighted by Gasteiger charge is -1.68. The van der Waals surface area contributed by atoms with E-state index in [4.69, 9.17) is 5.73 Å². The van der Waals surface area contributed by atoms with Crippen LogP contribution in [0.3, 0.4) is 0 Å². The first kappa shape index (κ1) is 15.7. The molecule has 4 heteroatoms. The van der Waals surface area contributed by atoms with Gasteiger partial charge in [-0.1, -0.05) is 15.9 Å². The van der Waals surface area contributed by atoms with Gasteiger partial charge < -0.3 is 5.73 Å². The minimum absolute atomic E-state index is 0. The summed E-state index contributed by atoms with van der Waals surface area (Å²) in [7, 11) is 0. The Kier molecular flexibility index (Phi) is 42.8. The number of hydrogen-bond acceptors (Lipinski definition) is 1. The second-order valence-electron chi connectivity index (χ2n) is 0.478. The minimum Gasteiger partial charge on any atom is -0.330 e. The second kappa shape index (κ2) is 16.4. The first-order valence-electron chi connectivity index (χ1n) is 1.18. The molecule has 6 heavy (non-hydrogen) atoms. The first-order chi connectivity index (χ1) is 1.91. The quantitative estimate of drug-likeness (QED) is 0.689. The molecule has 42 valence electrons. The summed E-state index contributed by atoms with van der Waals surface area (Å²) in [6.45, 7) is 0.736. The Morgan fingerprint density at radius 3 is 1.67 bits per heavy atom. The van der Waals surface area contributed by atoms with Crippen molar-refractivity contribution in [1.29, 1.82) is 0 Å². The molecule has 1 nitrogen and oxygen atoms in total. The predicted octanol–water partition coefficient (Wildman–Crippen LogP) is 1.34. The summed E-state index contributed by atoms with van der Waals surface area (Å²) in [6.07, 6.45) is 0. The molecule has 0 radical (unpaired) electrons. The minimum atomic E-state index is 0. The summed E-state index contributed by atoms with van der Waals surface area (Å²) in [5.41, 5.74) is 4.98. The molecule has 0 heterocycles. The molecular weight excluding hydrogens is 233 g/mol. The molecule has 0 atom stereocenters. The average molecular weight is 241 g/mol. The molecule has 0 amide bonds. The fraction of sp³-hybridized carbons (Fsp3) is 1.00. The lowest BCUT2D eigenvalue weighted by Crippen LogP contribution is -1.97. The Labute approximate surface area is 63.0 Å². The van der Waals surface area contributed by atoms with Crippen molar-refractivity contribution in [3.05, 3.63) is 0 Å². The summed E-state index contributed by atoms with van der Waals surface area (Å²) < 4.78 is 0. The van der Waals surface area contributed by atoms with Crippen LogP contribution in [-0.2, 0) is 0 Å². The third-order valence-corrected chi connectivity index (χ3v) is 0.567. The van der Waals surface area contributed by atoms with Crippen molar-refractivity contribution < 1.29 is 0 Å². The molecule has 0 aromatic rings. The third-order valence-electron chi connectivity index (χ3n) is 0.109. The highest BCUT2D eigenvalue weighted by Gasteiger charge is 1.57. The Hall–Kier alpha value is 1.21. The van der Waals surface area contributed by atoms with Crippen molar-refractivity contribution in [2.45, 2.75) is 0 Å². The predicted molar refractivity (Wildman–Crippen MR) is 40.4 cm³/mol. The zero-order valence-electron chi connectivity index (χ0n) is 3.19. The van der Waals surface area contributed by atoms with Crippen LogP contribution < -0.4 is 5.73 Å². The average Bonchev–Trinajstić information content (AvgIpc) is 1.37. The van der Waals surface area contributed by atoms with Crippen LogP contribution in [0.4, 0.5) is 0 Å². The highest BCUT2D eigenvalue weighted by Crippen LogP contribution is 1.67. The molecule has 0 saturated heterocycles. The number of rotatable bonds is 1. The van der Waals surface area contributed by atoms with E-state index in [1.807, 2.05) is 0 Å². The van der Waals surface area contributed by atoms with Gasteiger partial charge >= 0.3 is 0 Å². The van der Waals surface area contributed by atoms with E-state index in [1.54, 1.807) is 0 Å². The van der Waals surface area contributed by atoms with Gasteiger partial charge in [-0.25, -0.2) is 0 Å². The molecule has 0 spiro atoms. The van der Waals surface area contributed by atoms with Gasteiger partial charge in [0.15, 0.2) is 0 Å². The van der Waals surface area contributed by atoms with Crippen LogP contribution in [0.25, 0.3) is 0 Å². The Balaban J connectivity index is -0.0000000450. The van der Waals surface area contributed by atoms with Crippen molar-refractivity contribution in [2.75, 3.05) is 11.9 Å². The molecule has 0 aliphatic carbocycles. The van der Waals surface area contributed by atoms with Crippen LogP contribution in [0.2, 0.25) is 0 Å². The molecule has 0 fully saturated rings. The van der Waals surface area contributed by atoms with Gasteiger partial charge in [-0.15, -0.1) is 29.4 Å². The zero-order valence-corrected chi connectivity index (χ0v) is 7.30. The van der Waals surface area contributed by atoms with E-state index in [-0.39, 0.29) is 29.4 Å². The maximum atomic E-state index is 4.98. The molecular formula is C2H8Br2ClN. The van der Waals surface area contributed by atoms with E-state index in [9.17, 15) is 0 Å². The van der Waals surface area contributed by atoms with Gasteiger partial charge in [0, 0.05) is 11.9 Å². The van der Waals surface area contributed by atoms with Crippen molar-refractivity contribution >= 4 is 45.3 Å². The molecule has 0 rings (SSSR count). The normalized spacial score (nSPS) is 5.00. The smallest absolute Gasteiger partial charge is 0.0154 e. The van der Waals surface area contributed by atoms with Crippen LogP contribution >= 0.6 is 45.3 Å². The number of nitrogens with two attached hydrogens (primary N) is 1. The van der Waals surface area contributed by atoms with Crippen molar-refractivity contribution in [2.24, 2.45) is 5.73 Å². The number of halogens is 3. The SMILES string of the molecule is Br.Cl.NCCBr. The molecule has 0 aromatic heterocycles. The molecule has 0 bridgehead atoms. The maximum Gasteiger partial charge on any atom is 0.0154 e. The first-order valence-corrected chi connectivity index (χ1v) is 2.30. The summed E-state index contributed by atoms with van der Waals surface area (Å²) in [4.78, 5) is 0. The van der Waals surface area contributed by atoms with E-state index < -0.39 is 0 Å². The van der Waals surface area contributed by atoms with Crippen LogP contribution in [0.15, 0.2) is 0 Å². The number of hydrogen-bond donors (Lipinski definition) is 1. The van der Waals surface area contributed by atoms with Crippen LogP contribution in [0, 0.1) is 0 Å². The topological polar surface area (TPSA) is 26.0 Å². The highest BCUT2D eigenvalue weighted by molar-refractivity contribution is 9.09. The monoisotopic (exact) mass is 239 g/mol. The fourth-order valence-corrected chi connectivity index (χ4v) is 0. The van der Waals surface area contributed by atoms with E-state index in [2.05, 4.69) is 15.9 Å². The molecule has 0 aromatic carbocycles. The van der Waals surface area contributed by atoms with Gasteiger partial charge in [0.2, 0.25) is 0 Å². The Morgan fingerprint density at radius 2 is 1.67 bits per heavy atom. The van der Waals surface area contributed by atoms with E-state index in [0.717, 1.165) is 11.9 Å². The van der Waals surface area contributed by atoms with E-state index in [0.29, 0.717) is 0 Å².